The first kappa shape index (κ1) is 18.4. The molecular weight excluding hydrogens is 312 g/mol. The Morgan fingerprint density at radius 1 is 1.38 bits per heavy atom. The third-order valence-corrected chi connectivity index (χ3v) is 3.81. The first-order valence-corrected chi connectivity index (χ1v) is 8.14. The van der Waals surface area contributed by atoms with Crippen LogP contribution in [0, 0.1) is 5.92 Å². The molecule has 0 saturated carbocycles. The molecule has 0 atom stereocenters. The van der Waals surface area contributed by atoms with E-state index in [0.717, 1.165) is 25.9 Å². The van der Waals surface area contributed by atoms with Gasteiger partial charge in [0.1, 0.15) is 23.4 Å². The lowest BCUT2D eigenvalue weighted by molar-refractivity contribution is -0.0459. The molecule has 134 valence electrons. The zero-order valence-corrected chi connectivity index (χ0v) is 14.4. The van der Waals surface area contributed by atoms with Gasteiger partial charge in [-0.1, -0.05) is 0 Å². The Labute approximate surface area is 141 Å². The second-order valence-electron chi connectivity index (χ2n) is 6.99. The fraction of sp³-hybridized carbons (Fsp3) is 0.688. The lowest BCUT2D eigenvalue weighted by Gasteiger charge is -2.33. The number of amides is 1. The summed E-state index contributed by atoms with van der Waals surface area (Å²) in [7, 11) is 0. The van der Waals surface area contributed by atoms with Gasteiger partial charge in [0.2, 0.25) is 0 Å². The van der Waals surface area contributed by atoms with Gasteiger partial charge in [-0.05, 0) is 39.5 Å². The molecule has 8 heteroatoms. The molecule has 2 rings (SSSR count). The van der Waals surface area contributed by atoms with Crippen molar-refractivity contribution in [2.24, 2.45) is 5.92 Å². The SMILES string of the molecule is CC(C)(C)OC(=O)NCC1CCN(c2cc(C(O)O)ncn2)CC1. The molecule has 1 saturated heterocycles. The van der Waals surface area contributed by atoms with Crippen molar-refractivity contribution < 1.29 is 19.7 Å². The van der Waals surface area contributed by atoms with E-state index in [1.54, 1.807) is 6.07 Å². The molecular formula is C16H26N4O4. The Balaban J connectivity index is 1.79. The van der Waals surface area contributed by atoms with Crippen LogP contribution in [0.4, 0.5) is 10.6 Å². The van der Waals surface area contributed by atoms with Gasteiger partial charge < -0.3 is 25.2 Å². The van der Waals surface area contributed by atoms with E-state index < -0.39 is 11.9 Å². The van der Waals surface area contributed by atoms with Crippen LogP contribution in [0.15, 0.2) is 12.4 Å². The number of ether oxygens (including phenoxy) is 1. The number of carbonyl (C=O) groups is 1. The van der Waals surface area contributed by atoms with Crippen molar-refractivity contribution in [2.45, 2.75) is 45.5 Å². The summed E-state index contributed by atoms with van der Waals surface area (Å²) in [5.74, 6) is 1.07. The summed E-state index contributed by atoms with van der Waals surface area (Å²) in [5, 5.41) is 21.2. The van der Waals surface area contributed by atoms with Gasteiger partial charge in [-0.3, -0.25) is 0 Å². The molecule has 8 nitrogen and oxygen atoms in total. The number of piperidine rings is 1. The predicted octanol–water partition coefficient (Wildman–Crippen LogP) is 1.20. The van der Waals surface area contributed by atoms with Crippen LogP contribution in [0.1, 0.15) is 45.6 Å². The standard InChI is InChI=1S/C16H26N4O4/c1-16(2,3)24-15(23)17-9-11-4-6-20(7-5-11)13-8-12(14(21)22)18-10-19-13/h8,10-11,14,21-22H,4-7,9H2,1-3H3,(H,17,23). The van der Waals surface area contributed by atoms with Crippen molar-refractivity contribution in [3.63, 3.8) is 0 Å². The number of hydrogen-bond donors (Lipinski definition) is 3. The Morgan fingerprint density at radius 3 is 2.62 bits per heavy atom. The maximum atomic E-state index is 11.7. The summed E-state index contributed by atoms with van der Waals surface area (Å²) in [6.07, 6.45) is 1.18. The van der Waals surface area contributed by atoms with E-state index >= 15 is 0 Å². The van der Waals surface area contributed by atoms with Crippen LogP contribution in [0.3, 0.4) is 0 Å². The second-order valence-corrected chi connectivity index (χ2v) is 6.99. The highest BCUT2D eigenvalue weighted by molar-refractivity contribution is 5.67. The molecule has 3 N–H and O–H groups in total. The van der Waals surface area contributed by atoms with E-state index in [4.69, 9.17) is 4.74 Å². The molecule has 0 spiro atoms. The molecule has 0 aliphatic carbocycles. The van der Waals surface area contributed by atoms with Crippen molar-refractivity contribution in [1.82, 2.24) is 15.3 Å². The average molecular weight is 338 g/mol. The van der Waals surface area contributed by atoms with E-state index in [2.05, 4.69) is 20.2 Å². The van der Waals surface area contributed by atoms with Gasteiger partial charge in [0.05, 0.1) is 0 Å². The van der Waals surface area contributed by atoms with E-state index in [1.807, 2.05) is 20.8 Å². The first-order valence-electron chi connectivity index (χ1n) is 8.14. The smallest absolute Gasteiger partial charge is 0.407 e. The number of rotatable bonds is 4. The Kier molecular flexibility index (Phi) is 5.95. The number of aliphatic hydroxyl groups is 2. The number of nitrogens with one attached hydrogen (secondary N) is 1. The molecule has 1 aromatic rings. The molecule has 1 aliphatic rings. The molecule has 1 amide bonds. The molecule has 0 bridgehead atoms. The van der Waals surface area contributed by atoms with Crippen LogP contribution in [0.2, 0.25) is 0 Å². The van der Waals surface area contributed by atoms with Gasteiger partial charge in [0, 0.05) is 25.7 Å². The molecule has 0 radical (unpaired) electrons. The van der Waals surface area contributed by atoms with Gasteiger partial charge in [0.15, 0.2) is 6.29 Å². The van der Waals surface area contributed by atoms with Gasteiger partial charge >= 0.3 is 6.09 Å². The van der Waals surface area contributed by atoms with Crippen LogP contribution < -0.4 is 10.2 Å². The maximum Gasteiger partial charge on any atom is 0.407 e. The highest BCUT2D eigenvalue weighted by Gasteiger charge is 2.22. The summed E-state index contributed by atoms with van der Waals surface area (Å²) in [6.45, 7) is 7.68. The van der Waals surface area contributed by atoms with Crippen LogP contribution in [0.25, 0.3) is 0 Å². The molecule has 2 heterocycles. The zero-order valence-electron chi connectivity index (χ0n) is 14.4. The monoisotopic (exact) mass is 338 g/mol. The summed E-state index contributed by atoms with van der Waals surface area (Å²) < 4.78 is 5.23. The predicted molar refractivity (Wildman–Crippen MR) is 88.4 cm³/mol. The summed E-state index contributed by atoms with van der Waals surface area (Å²) in [4.78, 5) is 21.8. The van der Waals surface area contributed by atoms with E-state index in [9.17, 15) is 15.0 Å². The molecule has 1 fully saturated rings. The van der Waals surface area contributed by atoms with Crippen molar-refractivity contribution >= 4 is 11.9 Å². The zero-order chi connectivity index (χ0) is 17.7. The van der Waals surface area contributed by atoms with Crippen molar-refractivity contribution in [2.75, 3.05) is 24.5 Å². The lowest BCUT2D eigenvalue weighted by atomic mass is 9.97. The largest absolute Gasteiger partial charge is 0.444 e. The van der Waals surface area contributed by atoms with Gasteiger partial charge in [-0.15, -0.1) is 0 Å². The number of nitrogens with zero attached hydrogens (tertiary/aromatic N) is 3. The molecule has 1 aliphatic heterocycles. The van der Waals surface area contributed by atoms with Crippen LogP contribution in [0.5, 0.6) is 0 Å². The Bertz CT molecular complexity index is 551. The number of aromatic nitrogens is 2. The minimum Gasteiger partial charge on any atom is -0.444 e. The van der Waals surface area contributed by atoms with Gasteiger partial charge in [-0.25, -0.2) is 14.8 Å². The van der Waals surface area contributed by atoms with E-state index in [0.29, 0.717) is 18.3 Å². The number of hydrogen-bond acceptors (Lipinski definition) is 7. The third-order valence-electron chi connectivity index (χ3n) is 3.81. The average Bonchev–Trinajstić information content (AvgIpc) is 2.52. The number of anilines is 1. The minimum absolute atomic E-state index is 0.189. The summed E-state index contributed by atoms with van der Waals surface area (Å²) in [5.41, 5.74) is -0.302. The summed E-state index contributed by atoms with van der Waals surface area (Å²) in [6, 6.07) is 1.59. The lowest BCUT2D eigenvalue weighted by Crippen LogP contribution is -2.40. The van der Waals surface area contributed by atoms with Crippen LogP contribution >= 0.6 is 0 Å². The van der Waals surface area contributed by atoms with Crippen molar-refractivity contribution in [1.29, 1.82) is 0 Å². The van der Waals surface area contributed by atoms with Gasteiger partial charge in [0.25, 0.3) is 0 Å². The summed E-state index contributed by atoms with van der Waals surface area (Å²) >= 11 is 0. The van der Waals surface area contributed by atoms with Crippen LogP contribution in [-0.4, -0.2) is 51.5 Å². The fourth-order valence-electron chi connectivity index (χ4n) is 2.58. The minimum atomic E-state index is -1.60. The Morgan fingerprint density at radius 2 is 2.04 bits per heavy atom. The van der Waals surface area contributed by atoms with E-state index in [-0.39, 0.29) is 11.8 Å². The van der Waals surface area contributed by atoms with Gasteiger partial charge in [-0.2, -0.15) is 0 Å². The third kappa shape index (κ3) is 5.61. The highest BCUT2D eigenvalue weighted by Crippen LogP contribution is 2.22. The quantitative estimate of drug-likeness (QED) is 0.708. The van der Waals surface area contributed by atoms with E-state index in [1.165, 1.54) is 6.33 Å². The topological polar surface area (TPSA) is 108 Å². The molecule has 24 heavy (non-hydrogen) atoms. The first-order chi connectivity index (χ1) is 11.2. The van der Waals surface area contributed by atoms with Crippen molar-refractivity contribution in [3.8, 4) is 0 Å². The van der Waals surface area contributed by atoms with Crippen LogP contribution in [-0.2, 0) is 4.74 Å². The molecule has 0 aromatic carbocycles. The molecule has 0 unspecified atom stereocenters. The highest BCUT2D eigenvalue weighted by atomic mass is 16.6. The normalized spacial score (nSPS) is 16.3. The number of carbonyl (C=O) groups excluding carboxylic acids is 1. The number of aliphatic hydroxyl groups excluding tert-OH is 1. The Hall–Kier alpha value is -1.93. The number of alkyl carbamates (subject to hydrolysis) is 1. The van der Waals surface area contributed by atoms with Crippen molar-refractivity contribution in [3.05, 3.63) is 18.1 Å². The second kappa shape index (κ2) is 7.76. The fourth-order valence-corrected chi connectivity index (χ4v) is 2.58. The maximum absolute atomic E-state index is 11.7. The molecule has 1 aromatic heterocycles.